The first-order valence-electron chi connectivity index (χ1n) is 11.6. The first kappa shape index (κ1) is 24.3. The maximum Gasteiger partial charge on any atom is 0.253 e. The molecule has 1 heterocycles. The van der Waals surface area contributed by atoms with Crippen molar-refractivity contribution in [2.75, 3.05) is 39.8 Å². The zero-order valence-electron chi connectivity index (χ0n) is 19.7. The monoisotopic (exact) mass is 478 g/mol. The van der Waals surface area contributed by atoms with E-state index in [2.05, 4.69) is 11.0 Å². The van der Waals surface area contributed by atoms with Crippen LogP contribution < -0.4 is 4.74 Å². The molecule has 178 valence electrons. The molecular weight excluding hydrogens is 448 g/mol. The van der Waals surface area contributed by atoms with Gasteiger partial charge in [-0.3, -0.25) is 9.69 Å². The highest BCUT2D eigenvalue weighted by molar-refractivity contribution is 6.30. The maximum absolute atomic E-state index is 12.9. The Labute approximate surface area is 206 Å². The van der Waals surface area contributed by atoms with Gasteiger partial charge in [0.1, 0.15) is 5.75 Å². The number of carbonyl (C=O) groups excluding carboxylic acids is 1. The Balaban J connectivity index is 1.40. The Morgan fingerprint density at radius 3 is 2.41 bits per heavy atom. The SMILES string of the molecule is COc1cccc(C(CN2CCN(C(=O)c3ccc(C)cc3)CC2)OCc2cccc(Cl)c2)c1. The Morgan fingerprint density at radius 2 is 1.71 bits per heavy atom. The summed E-state index contributed by atoms with van der Waals surface area (Å²) >= 11 is 6.15. The van der Waals surface area contributed by atoms with Crippen LogP contribution in [-0.4, -0.2) is 55.5 Å². The molecule has 6 heteroatoms. The molecule has 0 N–H and O–H groups in total. The van der Waals surface area contributed by atoms with E-state index in [1.807, 2.05) is 78.6 Å². The van der Waals surface area contributed by atoms with Crippen molar-refractivity contribution in [2.45, 2.75) is 19.6 Å². The Hall–Kier alpha value is -2.86. The lowest BCUT2D eigenvalue weighted by Crippen LogP contribution is -2.49. The summed E-state index contributed by atoms with van der Waals surface area (Å²) in [5, 5.41) is 0.702. The van der Waals surface area contributed by atoms with Crippen LogP contribution >= 0.6 is 11.6 Å². The van der Waals surface area contributed by atoms with Crippen molar-refractivity contribution in [3.05, 3.63) is 100 Å². The van der Waals surface area contributed by atoms with Gasteiger partial charge in [0.25, 0.3) is 5.91 Å². The van der Waals surface area contributed by atoms with Crippen molar-refractivity contribution in [3.63, 3.8) is 0 Å². The fourth-order valence-corrected chi connectivity index (χ4v) is 4.38. The summed E-state index contributed by atoms with van der Waals surface area (Å²) in [5.74, 6) is 0.906. The van der Waals surface area contributed by atoms with E-state index >= 15 is 0 Å². The first-order chi connectivity index (χ1) is 16.5. The summed E-state index contributed by atoms with van der Waals surface area (Å²) in [5.41, 5.74) is 4.01. The van der Waals surface area contributed by atoms with Crippen LogP contribution in [0.5, 0.6) is 5.75 Å². The third-order valence-electron chi connectivity index (χ3n) is 6.19. The topological polar surface area (TPSA) is 42.0 Å². The first-order valence-corrected chi connectivity index (χ1v) is 12.0. The highest BCUT2D eigenvalue weighted by atomic mass is 35.5. The Bertz CT molecular complexity index is 1090. The van der Waals surface area contributed by atoms with Crippen molar-refractivity contribution in [3.8, 4) is 5.75 Å². The van der Waals surface area contributed by atoms with Crippen molar-refractivity contribution in [1.29, 1.82) is 0 Å². The van der Waals surface area contributed by atoms with Gasteiger partial charge in [-0.2, -0.15) is 0 Å². The molecule has 1 unspecified atom stereocenters. The van der Waals surface area contributed by atoms with Gasteiger partial charge in [-0.25, -0.2) is 0 Å². The van der Waals surface area contributed by atoms with Gasteiger partial charge >= 0.3 is 0 Å². The molecule has 0 bridgehead atoms. The van der Waals surface area contributed by atoms with Gasteiger partial charge in [0.2, 0.25) is 0 Å². The lowest BCUT2D eigenvalue weighted by atomic mass is 10.1. The third-order valence-corrected chi connectivity index (χ3v) is 6.42. The fraction of sp³-hybridized carbons (Fsp3) is 0.321. The summed E-state index contributed by atoms with van der Waals surface area (Å²) in [6, 6.07) is 23.6. The standard InChI is InChI=1S/C28H31ClN2O3/c1-21-9-11-23(12-10-21)28(32)31-15-13-30(14-16-31)19-27(24-6-4-8-26(18-24)33-2)34-20-22-5-3-7-25(29)17-22/h3-12,17-18,27H,13-16,19-20H2,1-2H3. The Kier molecular flexibility index (Phi) is 8.22. The molecule has 1 amide bonds. The summed E-state index contributed by atoms with van der Waals surface area (Å²) in [6.07, 6.45) is -0.131. The molecule has 0 aliphatic carbocycles. The number of carbonyl (C=O) groups is 1. The molecular formula is C28H31ClN2O3. The van der Waals surface area contributed by atoms with Gasteiger partial charge < -0.3 is 14.4 Å². The molecule has 0 radical (unpaired) electrons. The zero-order chi connectivity index (χ0) is 23.9. The molecule has 3 aromatic rings. The second-order valence-electron chi connectivity index (χ2n) is 8.67. The maximum atomic E-state index is 12.9. The second kappa shape index (κ2) is 11.5. The van der Waals surface area contributed by atoms with Gasteiger partial charge in [0, 0.05) is 43.3 Å². The summed E-state index contributed by atoms with van der Waals surface area (Å²) in [7, 11) is 1.67. The number of amides is 1. The molecule has 0 saturated carbocycles. The van der Waals surface area contributed by atoms with Crippen molar-refractivity contribution in [2.24, 2.45) is 0 Å². The molecule has 1 atom stereocenters. The fourth-order valence-electron chi connectivity index (χ4n) is 4.17. The summed E-state index contributed by atoms with van der Waals surface area (Å²) < 4.78 is 11.8. The Morgan fingerprint density at radius 1 is 0.971 bits per heavy atom. The molecule has 1 aliphatic rings. The molecule has 1 saturated heterocycles. The smallest absolute Gasteiger partial charge is 0.253 e. The molecule has 0 spiro atoms. The molecule has 5 nitrogen and oxygen atoms in total. The van der Waals surface area contributed by atoms with E-state index in [9.17, 15) is 4.79 Å². The van der Waals surface area contributed by atoms with E-state index < -0.39 is 0 Å². The third kappa shape index (κ3) is 6.38. The predicted molar refractivity (Wildman–Crippen MR) is 135 cm³/mol. The van der Waals surface area contributed by atoms with Crippen LogP contribution in [0.4, 0.5) is 0 Å². The second-order valence-corrected chi connectivity index (χ2v) is 9.10. The average molecular weight is 479 g/mol. The van der Waals surface area contributed by atoms with E-state index in [1.165, 1.54) is 0 Å². The molecule has 34 heavy (non-hydrogen) atoms. The van der Waals surface area contributed by atoms with Crippen LogP contribution in [0.3, 0.4) is 0 Å². The number of rotatable bonds is 8. The van der Waals surface area contributed by atoms with E-state index in [0.29, 0.717) is 24.7 Å². The molecule has 3 aromatic carbocycles. The van der Waals surface area contributed by atoms with Gasteiger partial charge in [-0.05, 0) is 54.4 Å². The number of halogens is 1. The van der Waals surface area contributed by atoms with Crippen LogP contribution in [0, 0.1) is 6.92 Å². The van der Waals surface area contributed by atoms with Crippen LogP contribution in [-0.2, 0) is 11.3 Å². The van der Waals surface area contributed by atoms with Crippen LogP contribution in [0.25, 0.3) is 0 Å². The average Bonchev–Trinajstić information content (AvgIpc) is 2.87. The van der Waals surface area contributed by atoms with Crippen molar-refractivity contribution >= 4 is 17.5 Å². The lowest BCUT2D eigenvalue weighted by molar-refractivity contribution is 0.00333. The number of hydrogen-bond acceptors (Lipinski definition) is 4. The van der Waals surface area contributed by atoms with E-state index in [0.717, 1.165) is 47.6 Å². The van der Waals surface area contributed by atoms with Gasteiger partial charge in [0.15, 0.2) is 0 Å². The molecule has 4 rings (SSSR count). The largest absolute Gasteiger partial charge is 0.497 e. The number of benzene rings is 3. The van der Waals surface area contributed by atoms with Gasteiger partial charge in [-0.1, -0.05) is 53.6 Å². The van der Waals surface area contributed by atoms with Gasteiger partial charge in [-0.15, -0.1) is 0 Å². The minimum Gasteiger partial charge on any atom is -0.497 e. The van der Waals surface area contributed by atoms with Crippen LogP contribution in [0.2, 0.25) is 5.02 Å². The lowest BCUT2D eigenvalue weighted by Gasteiger charge is -2.36. The van der Waals surface area contributed by atoms with Crippen LogP contribution in [0.1, 0.15) is 33.2 Å². The predicted octanol–water partition coefficient (Wildman–Crippen LogP) is 5.37. The number of nitrogens with zero attached hydrogens (tertiary/aromatic N) is 2. The van der Waals surface area contributed by atoms with E-state index in [-0.39, 0.29) is 12.0 Å². The minimum absolute atomic E-state index is 0.0983. The highest BCUT2D eigenvalue weighted by Gasteiger charge is 2.25. The van der Waals surface area contributed by atoms with Gasteiger partial charge in [0.05, 0.1) is 19.8 Å². The molecule has 1 aliphatic heterocycles. The number of hydrogen-bond donors (Lipinski definition) is 0. The van der Waals surface area contributed by atoms with Crippen molar-refractivity contribution in [1.82, 2.24) is 9.80 Å². The molecule has 1 fully saturated rings. The normalized spacial score (nSPS) is 15.2. The molecule has 0 aromatic heterocycles. The number of methoxy groups -OCH3 is 1. The number of ether oxygens (including phenoxy) is 2. The number of aryl methyl sites for hydroxylation is 1. The summed E-state index contributed by atoms with van der Waals surface area (Å²) in [6.45, 7) is 6.24. The number of piperazine rings is 1. The van der Waals surface area contributed by atoms with E-state index in [4.69, 9.17) is 21.1 Å². The van der Waals surface area contributed by atoms with Crippen molar-refractivity contribution < 1.29 is 14.3 Å². The quantitative estimate of drug-likeness (QED) is 0.436. The van der Waals surface area contributed by atoms with E-state index in [1.54, 1.807) is 7.11 Å². The highest BCUT2D eigenvalue weighted by Crippen LogP contribution is 2.25. The van der Waals surface area contributed by atoms with Crippen LogP contribution in [0.15, 0.2) is 72.8 Å². The zero-order valence-corrected chi connectivity index (χ0v) is 20.5. The minimum atomic E-state index is -0.131. The summed E-state index contributed by atoms with van der Waals surface area (Å²) in [4.78, 5) is 17.2.